The number of aromatic nitrogens is 2. The third-order valence-electron chi connectivity index (χ3n) is 3.54. The zero-order valence-corrected chi connectivity index (χ0v) is 13.4. The minimum Gasteiger partial charge on any atom is -0.485 e. The van der Waals surface area contributed by atoms with Crippen molar-refractivity contribution in [3.63, 3.8) is 0 Å². The molecule has 0 atom stereocenters. The predicted octanol–water partition coefficient (Wildman–Crippen LogP) is 3.12. The van der Waals surface area contributed by atoms with Gasteiger partial charge in [0.15, 0.2) is 0 Å². The van der Waals surface area contributed by atoms with Gasteiger partial charge >= 0.3 is 0 Å². The standard InChI is InChI=1S/C17H25N3O/c1-5-6-18-11-15-9-13(2)17(14(3)10-15)21-12-16-19-7-8-20(16)4/h7-10,18H,5-6,11-12H2,1-4H3. The second-order valence-corrected chi connectivity index (χ2v) is 5.48. The lowest BCUT2D eigenvalue weighted by molar-refractivity contribution is 0.288. The summed E-state index contributed by atoms with van der Waals surface area (Å²) in [6.45, 7) is 8.84. The fourth-order valence-electron chi connectivity index (χ4n) is 2.45. The van der Waals surface area contributed by atoms with Crippen molar-refractivity contribution in [2.24, 2.45) is 7.05 Å². The number of hydrogen-bond acceptors (Lipinski definition) is 3. The Morgan fingerprint density at radius 1 is 1.24 bits per heavy atom. The summed E-state index contributed by atoms with van der Waals surface area (Å²) in [4.78, 5) is 4.29. The fourth-order valence-corrected chi connectivity index (χ4v) is 2.45. The lowest BCUT2D eigenvalue weighted by Gasteiger charge is -2.14. The van der Waals surface area contributed by atoms with Gasteiger partial charge in [0.2, 0.25) is 0 Å². The molecule has 4 heteroatoms. The van der Waals surface area contributed by atoms with Crippen molar-refractivity contribution >= 4 is 0 Å². The number of aryl methyl sites for hydroxylation is 3. The molecule has 0 unspecified atom stereocenters. The minimum atomic E-state index is 0.499. The maximum absolute atomic E-state index is 5.97. The van der Waals surface area contributed by atoms with E-state index in [-0.39, 0.29) is 0 Å². The second-order valence-electron chi connectivity index (χ2n) is 5.48. The molecular weight excluding hydrogens is 262 g/mol. The molecule has 1 aromatic carbocycles. The molecule has 2 rings (SSSR count). The lowest BCUT2D eigenvalue weighted by atomic mass is 10.1. The number of nitrogens with one attached hydrogen (secondary N) is 1. The second kappa shape index (κ2) is 7.27. The Balaban J connectivity index is 2.04. The first-order valence-corrected chi connectivity index (χ1v) is 7.51. The third-order valence-corrected chi connectivity index (χ3v) is 3.54. The van der Waals surface area contributed by atoms with Crippen molar-refractivity contribution in [2.45, 2.75) is 40.3 Å². The van der Waals surface area contributed by atoms with Crippen molar-refractivity contribution < 1.29 is 4.74 Å². The van der Waals surface area contributed by atoms with E-state index in [0.29, 0.717) is 6.61 Å². The number of imidazole rings is 1. The highest BCUT2D eigenvalue weighted by Crippen LogP contribution is 2.25. The summed E-state index contributed by atoms with van der Waals surface area (Å²) in [5.74, 6) is 1.90. The summed E-state index contributed by atoms with van der Waals surface area (Å²) in [5.41, 5.74) is 3.66. The molecule has 0 radical (unpaired) electrons. The zero-order chi connectivity index (χ0) is 15.2. The fraction of sp³-hybridized carbons (Fsp3) is 0.471. The van der Waals surface area contributed by atoms with Crippen LogP contribution >= 0.6 is 0 Å². The maximum atomic E-state index is 5.97. The predicted molar refractivity (Wildman–Crippen MR) is 85.5 cm³/mol. The van der Waals surface area contributed by atoms with Crippen LogP contribution in [0.3, 0.4) is 0 Å². The van der Waals surface area contributed by atoms with Gasteiger partial charge in [0, 0.05) is 26.0 Å². The molecule has 0 bridgehead atoms. The quantitative estimate of drug-likeness (QED) is 0.795. The van der Waals surface area contributed by atoms with Crippen LogP contribution in [0.4, 0.5) is 0 Å². The van der Waals surface area contributed by atoms with Gasteiger partial charge in [0.1, 0.15) is 18.2 Å². The molecule has 0 aliphatic heterocycles. The van der Waals surface area contributed by atoms with Crippen molar-refractivity contribution in [3.8, 4) is 5.75 Å². The molecule has 0 amide bonds. The first-order chi connectivity index (χ1) is 10.1. The van der Waals surface area contributed by atoms with E-state index in [1.54, 1.807) is 6.20 Å². The van der Waals surface area contributed by atoms with Gasteiger partial charge in [-0.1, -0.05) is 19.1 Å². The van der Waals surface area contributed by atoms with Gasteiger partial charge in [0.05, 0.1) is 0 Å². The van der Waals surface area contributed by atoms with Crippen LogP contribution in [-0.4, -0.2) is 16.1 Å². The average molecular weight is 287 g/mol. The Morgan fingerprint density at radius 3 is 2.52 bits per heavy atom. The molecule has 1 N–H and O–H groups in total. The Hall–Kier alpha value is -1.81. The summed E-state index contributed by atoms with van der Waals surface area (Å²) in [6.07, 6.45) is 4.88. The molecule has 2 aromatic rings. The molecule has 0 aliphatic rings. The highest BCUT2D eigenvalue weighted by molar-refractivity contribution is 5.43. The first kappa shape index (κ1) is 15.6. The Labute approximate surface area is 127 Å². The molecule has 0 saturated carbocycles. The topological polar surface area (TPSA) is 39.1 Å². The van der Waals surface area contributed by atoms with Crippen LogP contribution in [0.15, 0.2) is 24.5 Å². The van der Waals surface area contributed by atoms with Gasteiger partial charge in [0.25, 0.3) is 0 Å². The first-order valence-electron chi connectivity index (χ1n) is 7.51. The summed E-state index contributed by atoms with van der Waals surface area (Å²) in [7, 11) is 1.98. The van der Waals surface area contributed by atoms with E-state index >= 15 is 0 Å². The number of rotatable bonds is 7. The Bertz CT molecular complexity index is 566. The normalized spacial score (nSPS) is 10.9. The van der Waals surface area contributed by atoms with E-state index < -0.39 is 0 Å². The summed E-state index contributed by atoms with van der Waals surface area (Å²) in [6, 6.07) is 4.40. The molecule has 0 aliphatic carbocycles. The molecule has 0 spiro atoms. The van der Waals surface area contributed by atoms with Crippen LogP contribution in [0.2, 0.25) is 0 Å². The summed E-state index contributed by atoms with van der Waals surface area (Å²) < 4.78 is 7.95. The van der Waals surface area contributed by atoms with Gasteiger partial charge in [-0.15, -0.1) is 0 Å². The van der Waals surface area contributed by atoms with Crippen LogP contribution in [0.1, 0.15) is 35.9 Å². The van der Waals surface area contributed by atoms with Gasteiger partial charge in [-0.2, -0.15) is 0 Å². The van der Waals surface area contributed by atoms with Crippen molar-refractivity contribution in [3.05, 3.63) is 47.0 Å². The molecular formula is C17H25N3O. The van der Waals surface area contributed by atoms with Gasteiger partial charge < -0.3 is 14.6 Å². The van der Waals surface area contributed by atoms with E-state index in [2.05, 4.69) is 43.2 Å². The molecule has 114 valence electrons. The number of hydrogen-bond donors (Lipinski definition) is 1. The molecule has 0 saturated heterocycles. The Morgan fingerprint density at radius 2 is 1.95 bits per heavy atom. The van der Waals surface area contributed by atoms with Gasteiger partial charge in [-0.3, -0.25) is 0 Å². The number of benzene rings is 1. The highest BCUT2D eigenvalue weighted by Gasteiger charge is 2.08. The Kier molecular flexibility index (Phi) is 5.39. The van der Waals surface area contributed by atoms with Crippen molar-refractivity contribution in [1.82, 2.24) is 14.9 Å². The van der Waals surface area contributed by atoms with E-state index in [4.69, 9.17) is 4.74 Å². The average Bonchev–Trinajstić information content (AvgIpc) is 2.84. The number of nitrogens with zero attached hydrogens (tertiary/aromatic N) is 2. The van der Waals surface area contributed by atoms with E-state index in [9.17, 15) is 0 Å². The molecule has 1 aromatic heterocycles. The summed E-state index contributed by atoms with van der Waals surface area (Å²) >= 11 is 0. The van der Waals surface area contributed by atoms with Crippen molar-refractivity contribution in [2.75, 3.05) is 6.54 Å². The largest absolute Gasteiger partial charge is 0.485 e. The monoisotopic (exact) mass is 287 g/mol. The lowest BCUT2D eigenvalue weighted by Crippen LogP contribution is -2.14. The van der Waals surface area contributed by atoms with Gasteiger partial charge in [-0.05, 0) is 43.5 Å². The van der Waals surface area contributed by atoms with Crippen LogP contribution in [0.5, 0.6) is 5.75 Å². The summed E-state index contributed by atoms with van der Waals surface area (Å²) in [5, 5.41) is 3.43. The zero-order valence-electron chi connectivity index (χ0n) is 13.4. The van der Waals surface area contributed by atoms with E-state index in [1.165, 1.54) is 16.7 Å². The van der Waals surface area contributed by atoms with Crippen LogP contribution in [0, 0.1) is 13.8 Å². The van der Waals surface area contributed by atoms with Crippen LogP contribution in [0.25, 0.3) is 0 Å². The van der Waals surface area contributed by atoms with Crippen molar-refractivity contribution in [1.29, 1.82) is 0 Å². The third kappa shape index (κ3) is 4.08. The van der Waals surface area contributed by atoms with Gasteiger partial charge in [-0.25, -0.2) is 4.98 Å². The molecule has 1 heterocycles. The molecule has 21 heavy (non-hydrogen) atoms. The maximum Gasteiger partial charge on any atom is 0.146 e. The van der Waals surface area contributed by atoms with Crippen LogP contribution < -0.4 is 10.1 Å². The molecule has 0 fully saturated rings. The SMILES string of the molecule is CCCNCc1cc(C)c(OCc2nccn2C)c(C)c1. The highest BCUT2D eigenvalue weighted by atomic mass is 16.5. The number of ether oxygens (including phenoxy) is 1. The minimum absolute atomic E-state index is 0.499. The van der Waals surface area contributed by atoms with E-state index in [1.807, 2.05) is 17.8 Å². The van der Waals surface area contributed by atoms with Crippen LogP contribution in [-0.2, 0) is 20.2 Å². The van der Waals surface area contributed by atoms with E-state index in [0.717, 1.165) is 31.1 Å². The smallest absolute Gasteiger partial charge is 0.146 e. The molecule has 4 nitrogen and oxygen atoms in total.